The molecule has 7 heteroatoms. The smallest absolute Gasteiger partial charge is 0.184 e. The first-order valence-corrected chi connectivity index (χ1v) is 6.10. The summed E-state index contributed by atoms with van der Waals surface area (Å²) in [5, 5.41) is 11.5. The summed E-state index contributed by atoms with van der Waals surface area (Å²) in [6.45, 7) is 5.48. The molecule has 0 radical (unpaired) electrons. The molecule has 7 nitrogen and oxygen atoms in total. The first-order chi connectivity index (χ1) is 8.81. The summed E-state index contributed by atoms with van der Waals surface area (Å²) >= 11 is 0. The van der Waals surface area contributed by atoms with Gasteiger partial charge in [0.25, 0.3) is 0 Å². The van der Waals surface area contributed by atoms with Crippen LogP contribution in [0.3, 0.4) is 0 Å². The predicted molar refractivity (Wildman–Crippen MR) is 68.5 cm³/mol. The summed E-state index contributed by atoms with van der Waals surface area (Å²) in [7, 11) is 1.68. The number of nitrogens with one attached hydrogen (secondary N) is 1. The predicted octanol–water partition coefficient (Wildman–Crippen LogP) is 1.25. The first-order valence-electron chi connectivity index (χ1n) is 6.10. The van der Waals surface area contributed by atoms with E-state index in [2.05, 4.69) is 32.5 Å². The molecule has 0 aliphatic heterocycles. The third kappa shape index (κ3) is 2.26. The van der Waals surface area contributed by atoms with E-state index in [1.54, 1.807) is 11.8 Å². The highest BCUT2D eigenvalue weighted by molar-refractivity contribution is 5.81. The fourth-order valence-electron chi connectivity index (χ4n) is 1.86. The van der Waals surface area contributed by atoms with Crippen molar-refractivity contribution in [3.8, 4) is 0 Å². The van der Waals surface area contributed by atoms with E-state index in [1.165, 1.54) is 6.33 Å². The van der Waals surface area contributed by atoms with Crippen LogP contribution in [0.1, 0.15) is 26.3 Å². The molecule has 0 saturated carbocycles. The summed E-state index contributed by atoms with van der Waals surface area (Å²) in [4.78, 5) is 8.44. The van der Waals surface area contributed by atoms with Crippen LogP contribution < -0.4 is 5.32 Å². The summed E-state index contributed by atoms with van der Waals surface area (Å²) < 4.78 is 7.00. The zero-order chi connectivity index (χ0) is 13.0. The normalized spacial score (nSPS) is 12.8. The van der Waals surface area contributed by atoms with Crippen LogP contribution >= 0.6 is 0 Å². The average Bonchev–Trinajstić information content (AvgIpc) is 2.81. The van der Waals surface area contributed by atoms with E-state index >= 15 is 0 Å². The zero-order valence-electron chi connectivity index (χ0n) is 10.9. The van der Waals surface area contributed by atoms with Crippen LogP contribution in [-0.2, 0) is 4.74 Å². The zero-order valence-corrected chi connectivity index (χ0v) is 10.9. The number of methoxy groups -OCH3 is 1. The lowest BCUT2D eigenvalue weighted by molar-refractivity contribution is 0.148. The van der Waals surface area contributed by atoms with Crippen molar-refractivity contribution in [2.75, 3.05) is 25.6 Å². The Balaban J connectivity index is 2.44. The van der Waals surface area contributed by atoms with Crippen LogP contribution in [0.4, 0.5) is 5.82 Å². The molecule has 98 valence electrons. The van der Waals surface area contributed by atoms with Gasteiger partial charge in [0.2, 0.25) is 0 Å². The van der Waals surface area contributed by atoms with Crippen molar-refractivity contribution < 1.29 is 4.74 Å². The Morgan fingerprint density at radius 2 is 2.22 bits per heavy atom. The van der Waals surface area contributed by atoms with Crippen LogP contribution in [-0.4, -0.2) is 45.2 Å². The number of aromatic nitrogens is 5. The van der Waals surface area contributed by atoms with Crippen LogP contribution in [0.25, 0.3) is 11.2 Å². The molecule has 1 unspecified atom stereocenters. The van der Waals surface area contributed by atoms with Crippen LogP contribution in [0, 0.1) is 0 Å². The second-order valence-corrected chi connectivity index (χ2v) is 3.98. The summed E-state index contributed by atoms with van der Waals surface area (Å²) in [5.74, 6) is 0.723. The molecule has 0 saturated heterocycles. The molecule has 18 heavy (non-hydrogen) atoms. The van der Waals surface area contributed by atoms with Crippen molar-refractivity contribution in [1.29, 1.82) is 0 Å². The molecular formula is C11H18N6O. The Morgan fingerprint density at radius 3 is 2.89 bits per heavy atom. The number of anilines is 1. The quantitative estimate of drug-likeness (QED) is 0.831. The Hall–Kier alpha value is -1.76. The minimum atomic E-state index is 0.143. The fraction of sp³-hybridized carbons (Fsp3) is 0.636. The molecule has 1 atom stereocenters. The largest absolute Gasteiger partial charge is 0.382 e. The Labute approximate surface area is 106 Å². The monoisotopic (exact) mass is 250 g/mol. The summed E-state index contributed by atoms with van der Waals surface area (Å²) in [5.41, 5.74) is 1.44. The van der Waals surface area contributed by atoms with Crippen molar-refractivity contribution in [3.05, 3.63) is 6.33 Å². The minimum Gasteiger partial charge on any atom is -0.382 e. The Kier molecular flexibility index (Phi) is 4.03. The van der Waals surface area contributed by atoms with Crippen molar-refractivity contribution >= 4 is 17.0 Å². The molecule has 0 spiro atoms. The van der Waals surface area contributed by atoms with Crippen molar-refractivity contribution in [2.45, 2.75) is 26.3 Å². The molecule has 2 heterocycles. The molecule has 2 aromatic heterocycles. The molecule has 0 amide bonds. The van der Waals surface area contributed by atoms with Gasteiger partial charge in [0, 0.05) is 13.7 Å². The highest BCUT2D eigenvalue weighted by atomic mass is 16.5. The molecule has 0 aliphatic carbocycles. The van der Waals surface area contributed by atoms with E-state index in [-0.39, 0.29) is 6.04 Å². The number of nitrogens with zero attached hydrogens (tertiary/aromatic N) is 5. The number of hydrogen-bond donors (Lipinski definition) is 1. The second kappa shape index (κ2) is 5.72. The Bertz CT molecular complexity index is 511. The summed E-state index contributed by atoms with van der Waals surface area (Å²) in [6.07, 6.45) is 2.44. The van der Waals surface area contributed by atoms with Gasteiger partial charge in [0.05, 0.1) is 12.6 Å². The van der Waals surface area contributed by atoms with E-state index in [0.29, 0.717) is 12.1 Å². The lowest BCUT2D eigenvalue weighted by Gasteiger charge is -2.13. The summed E-state index contributed by atoms with van der Waals surface area (Å²) in [6, 6.07) is 0.143. The van der Waals surface area contributed by atoms with E-state index in [4.69, 9.17) is 4.74 Å². The van der Waals surface area contributed by atoms with E-state index in [9.17, 15) is 0 Å². The van der Waals surface area contributed by atoms with Crippen molar-refractivity contribution in [1.82, 2.24) is 25.0 Å². The molecule has 0 bridgehead atoms. The molecule has 2 rings (SSSR count). The van der Waals surface area contributed by atoms with E-state index in [1.807, 2.05) is 6.92 Å². The number of fused-ring (bicyclic) bond motifs is 1. The lowest BCUT2D eigenvalue weighted by atomic mass is 10.2. The lowest BCUT2D eigenvalue weighted by Crippen LogP contribution is -2.15. The van der Waals surface area contributed by atoms with E-state index < -0.39 is 0 Å². The van der Waals surface area contributed by atoms with Crippen LogP contribution in [0.2, 0.25) is 0 Å². The number of hydrogen-bond acceptors (Lipinski definition) is 6. The molecular weight excluding hydrogens is 232 g/mol. The van der Waals surface area contributed by atoms with Gasteiger partial charge in [-0.05, 0) is 13.3 Å². The Morgan fingerprint density at radius 1 is 1.39 bits per heavy atom. The van der Waals surface area contributed by atoms with Gasteiger partial charge in [0.1, 0.15) is 6.33 Å². The fourth-order valence-corrected chi connectivity index (χ4v) is 1.86. The van der Waals surface area contributed by atoms with Gasteiger partial charge in [-0.3, -0.25) is 0 Å². The molecule has 0 aliphatic rings. The van der Waals surface area contributed by atoms with Crippen molar-refractivity contribution in [2.24, 2.45) is 0 Å². The van der Waals surface area contributed by atoms with E-state index in [0.717, 1.165) is 24.4 Å². The maximum Gasteiger partial charge on any atom is 0.184 e. The second-order valence-electron chi connectivity index (χ2n) is 3.98. The standard InChI is InChI=1S/C11H18N6O/c1-4-8(6-18-3)17-11-9(15-16-17)10(12-5-2)13-7-14-11/h7-8H,4-6H2,1-3H3,(H,12,13,14). The molecule has 1 N–H and O–H groups in total. The topological polar surface area (TPSA) is 77.8 Å². The number of ether oxygens (including phenoxy) is 1. The maximum atomic E-state index is 5.20. The third-order valence-electron chi connectivity index (χ3n) is 2.78. The van der Waals surface area contributed by atoms with Crippen LogP contribution in [0.15, 0.2) is 6.33 Å². The van der Waals surface area contributed by atoms with Crippen LogP contribution in [0.5, 0.6) is 0 Å². The first kappa shape index (κ1) is 12.7. The van der Waals surface area contributed by atoms with Gasteiger partial charge in [-0.15, -0.1) is 5.10 Å². The molecule has 0 aromatic carbocycles. The highest BCUT2D eigenvalue weighted by Gasteiger charge is 2.17. The minimum absolute atomic E-state index is 0.143. The maximum absolute atomic E-state index is 5.20. The van der Waals surface area contributed by atoms with Gasteiger partial charge in [-0.1, -0.05) is 12.1 Å². The highest BCUT2D eigenvalue weighted by Crippen LogP contribution is 2.20. The van der Waals surface area contributed by atoms with Gasteiger partial charge in [0.15, 0.2) is 17.0 Å². The SMILES string of the molecule is CCNc1ncnc2c1nnn2C(CC)COC. The average molecular weight is 250 g/mol. The van der Waals surface area contributed by atoms with Gasteiger partial charge >= 0.3 is 0 Å². The van der Waals surface area contributed by atoms with Gasteiger partial charge in [-0.2, -0.15) is 0 Å². The molecule has 2 aromatic rings. The van der Waals surface area contributed by atoms with Crippen molar-refractivity contribution in [3.63, 3.8) is 0 Å². The third-order valence-corrected chi connectivity index (χ3v) is 2.78. The number of rotatable bonds is 6. The van der Waals surface area contributed by atoms with Gasteiger partial charge in [-0.25, -0.2) is 14.6 Å². The van der Waals surface area contributed by atoms with Gasteiger partial charge < -0.3 is 10.1 Å². The molecule has 0 fully saturated rings.